The van der Waals surface area contributed by atoms with Gasteiger partial charge in [0.15, 0.2) is 0 Å². The van der Waals surface area contributed by atoms with Gasteiger partial charge in [0.05, 0.1) is 19.9 Å². The molecule has 0 aliphatic rings. The van der Waals surface area contributed by atoms with E-state index in [0.29, 0.717) is 13.1 Å². The summed E-state index contributed by atoms with van der Waals surface area (Å²) < 4.78 is 10.4. The van der Waals surface area contributed by atoms with E-state index in [1.807, 2.05) is 30.3 Å². The van der Waals surface area contributed by atoms with Crippen molar-refractivity contribution in [2.75, 3.05) is 13.7 Å². The molecule has 0 spiro atoms. The van der Waals surface area contributed by atoms with Crippen LogP contribution in [0, 0.1) is 0 Å². The molecule has 0 atom stereocenters. The molecule has 0 saturated heterocycles. The van der Waals surface area contributed by atoms with Crippen LogP contribution in [-0.4, -0.2) is 19.7 Å². The molecule has 1 aromatic heterocycles. The van der Waals surface area contributed by atoms with Gasteiger partial charge in [-0.2, -0.15) is 0 Å². The smallest absolute Gasteiger partial charge is 0.315 e. The Labute approximate surface area is 117 Å². The minimum absolute atomic E-state index is 0.212. The number of rotatable bonds is 6. The fraction of sp³-hybridized carbons (Fsp3) is 0.267. The summed E-state index contributed by atoms with van der Waals surface area (Å²) in [5.74, 6) is 1.56. The molecular weight excluding hydrogens is 256 g/mol. The quantitative estimate of drug-likeness (QED) is 0.849. The van der Waals surface area contributed by atoms with Gasteiger partial charge >= 0.3 is 6.03 Å². The van der Waals surface area contributed by atoms with Crippen molar-refractivity contribution in [1.82, 2.24) is 10.6 Å². The maximum Gasteiger partial charge on any atom is 0.315 e. The number of urea groups is 1. The first-order chi connectivity index (χ1) is 9.79. The van der Waals surface area contributed by atoms with Crippen LogP contribution in [0.4, 0.5) is 4.79 Å². The largest absolute Gasteiger partial charge is 0.496 e. The molecule has 5 heteroatoms. The summed E-state index contributed by atoms with van der Waals surface area (Å²) in [6.45, 7) is 0.928. The summed E-state index contributed by atoms with van der Waals surface area (Å²) >= 11 is 0. The third-order valence-electron chi connectivity index (χ3n) is 2.88. The maximum atomic E-state index is 11.6. The van der Waals surface area contributed by atoms with E-state index < -0.39 is 0 Å². The van der Waals surface area contributed by atoms with Crippen LogP contribution >= 0.6 is 0 Å². The summed E-state index contributed by atoms with van der Waals surface area (Å²) in [5.41, 5.74) is 1.07. The average molecular weight is 274 g/mol. The molecule has 0 radical (unpaired) electrons. The summed E-state index contributed by atoms with van der Waals surface area (Å²) in [5, 5.41) is 5.52. The van der Waals surface area contributed by atoms with Crippen LogP contribution in [0.15, 0.2) is 47.1 Å². The number of methoxy groups -OCH3 is 1. The number of benzene rings is 1. The first-order valence-electron chi connectivity index (χ1n) is 6.45. The number of nitrogens with one attached hydrogen (secondary N) is 2. The van der Waals surface area contributed by atoms with Crippen molar-refractivity contribution in [2.24, 2.45) is 0 Å². The fourth-order valence-corrected chi connectivity index (χ4v) is 1.86. The minimum atomic E-state index is -0.212. The van der Waals surface area contributed by atoms with Crippen molar-refractivity contribution in [3.63, 3.8) is 0 Å². The molecule has 0 saturated carbocycles. The van der Waals surface area contributed by atoms with E-state index in [0.717, 1.165) is 23.5 Å². The number of hydrogen-bond acceptors (Lipinski definition) is 3. The Balaban J connectivity index is 1.71. The van der Waals surface area contributed by atoms with Crippen molar-refractivity contribution >= 4 is 6.03 Å². The zero-order valence-electron chi connectivity index (χ0n) is 11.4. The van der Waals surface area contributed by atoms with Gasteiger partial charge in [0.1, 0.15) is 11.5 Å². The predicted molar refractivity (Wildman–Crippen MR) is 75.6 cm³/mol. The lowest BCUT2D eigenvalue weighted by molar-refractivity contribution is 0.239. The Morgan fingerprint density at radius 3 is 2.80 bits per heavy atom. The second kappa shape index (κ2) is 7.23. The van der Waals surface area contributed by atoms with E-state index >= 15 is 0 Å². The lowest BCUT2D eigenvalue weighted by atomic mass is 10.1. The number of amides is 2. The fourth-order valence-electron chi connectivity index (χ4n) is 1.86. The topological polar surface area (TPSA) is 63.5 Å². The molecule has 5 nitrogen and oxygen atoms in total. The molecule has 2 rings (SSSR count). The lowest BCUT2D eigenvalue weighted by Gasteiger charge is -2.09. The first kappa shape index (κ1) is 14.0. The average Bonchev–Trinajstić information content (AvgIpc) is 2.99. The molecule has 0 fully saturated rings. The number of ether oxygens (including phenoxy) is 1. The minimum Gasteiger partial charge on any atom is -0.496 e. The summed E-state index contributed by atoms with van der Waals surface area (Å²) in [6, 6.07) is 11.2. The van der Waals surface area contributed by atoms with Crippen LogP contribution in [0.3, 0.4) is 0 Å². The van der Waals surface area contributed by atoms with Crippen LogP contribution < -0.4 is 15.4 Å². The molecule has 2 N–H and O–H groups in total. The van der Waals surface area contributed by atoms with Crippen molar-refractivity contribution < 1.29 is 13.9 Å². The molecule has 1 heterocycles. The Morgan fingerprint density at radius 2 is 2.05 bits per heavy atom. The van der Waals surface area contributed by atoms with Gasteiger partial charge in [-0.1, -0.05) is 18.2 Å². The van der Waals surface area contributed by atoms with Gasteiger partial charge in [-0.3, -0.25) is 0 Å². The second-order valence-corrected chi connectivity index (χ2v) is 4.25. The van der Waals surface area contributed by atoms with Crippen LogP contribution in [0.2, 0.25) is 0 Å². The van der Waals surface area contributed by atoms with E-state index in [1.54, 1.807) is 19.4 Å². The third-order valence-corrected chi connectivity index (χ3v) is 2.88. The second-order valence-electron chi connectivity index (χ2n) is 4.25. The molecule has 20 heavy (non-hydrogen) atoms. The van der Waals surface area contributed by atoms with Crippen molar-refractivity contribution in [2.45, 2.75) is 13.0 Å². The Kier molecular flexibility index (Phi) is 5.06. The first-order valence-corrected chi connectivity index (χ1v) is 6.45. The highest BCUT2D eigenvalue weighted by Gasteiger charge is 2.04. The molecular formula is C15H18N2O3. The molecule has 0 bridgehead atoms. The highest BCUT2D eigenvalue weighted by Crippen LogP contribution is 2.17. The van der Waals surface area contributed by atoms with Gasteiger partial charge in [-0.05, 0) is 30.2 Å². The van der Waals surface area contributed by atoms with Gasteiger partial charge < -0.3 is 19.8 Å². The van der Waals surface area contributed by atoms with Gasteiger partial charge in [-0.25, -0.2) is 4.79 Å². The monoisotopic (exact) mass is 274 g/mol. The Hall–Kier alpha value is -2.43. The lowest BCUT2D eigenvalue weighted by Crippen LogP contribution is -2.36. The van der Waals surface area contributed by atoms with E-state index in [-0.39, 0.29) is 6.03 Å². The zero-order chi connectivity index (χ0) is 14.2. The van der Waals surface area contributed by atoms with Crippen LogP contribution in [-0.2, 0) is 13.0 Å². The molecule has 1 aromatic carbocycles. The van der Waals surface area contributed by atoms with Crippen molar-refractivity contribution in [3.05, 3.63) is 54.0 Å². The number of para-hydroxylation sites is 1. The Morgan fingerprint density at radius 1 is 1.20 bits per heavy atom. The molecule has 0 unspecified atom stereocenters. The number of carbonyl (C=O) groups excluding carboxylic acids is 1. The van der Waals surface area contributed by atoms with Crippen LogP contribution in [0.5, 0.6) is 5.75 Å². The van der Waals surface area contributed by atoms with Crippen LogP contribution in [0.25, 0.3) is 0 Å². The third kappa shape index (κ3) is 4.05. The van der Waals surface area contributed by atoms with Gasteiger partial charge in [-0.15, -0.1) is 0 Å². The number of furan rings is 1. The van der Waals surface area contributed by atoms with E-state index in [2.05, 4.69) is 10.6 Å². The van der Waals surface area contributed by atoms with E-state index in [4.69, 9.17) is 9.15 Å². The summed E-state index contributed by atoms with van der Waals surface area (Å²) in [7, 11) is 1.64. The number of carbonyl (C=O) groups is 1. The van der Waals surface area contributed by atoms with Crippen molar-refractivity contribution in [1.29, 1.82) is 0 Å². The molecule has 106 valence electrons. The highest BCUT2D eigenvalue weighted by molar-refractivity contribution is 5.73. The van der Waals surface area contributed by atoms with Gasteiger partial charge in [0.25, 0.3) is 0 Å². The van der Waals surface area contributed by atoms with E-state index in [1.165, 1.54) is 0 Å². The van der Waals surface area contributed by atoms with E-state index in [9.17, 15) is 4.79 Å². The summed E-state index contributed by atoms with van der Waals surface area (Å²) in [6.07, 6.45) is 2.30. The predicted octanol–water partition coefficient (Wildman–Crippen LogP) is 2.33. The van der Waals surface area contributed by atoms with Gasteiger partial charge in [0, 0.05) is 6.54 Å². The van der Waals surface area contributed by atoms with Crippen molar-refractivity contribution in [3.8, 4) is 5.75 Å². The van der Waals surface area contributed by atoms with Gasteiger partial charge in [0.2, 0.25) is 0 Å². The SMILES string of the molecule is COc1ccccc1CCNC(=O)NCc1ccco1. The zero-order valence-corrected chi connectivity index (χ0v) is 11.4. The molecule has 2 amide bonds. The number of hydrogen-bond donors (Lipinski definition) is 2. The molecule has 0 aliphatic carbocycles. The van der Waals surface area contributed by atoms with Crippen LogP contribution in [0.1, 0.15) is 11.3 Å². The highest BCUT2D eigenvalue weighted by atomic mass is 16.5. The standard InChI is InChI=1S/C15H18N2O3/c1-19-14-7-3-2-5-12(14)8-9-16-15(18)17-11-13-6-4-10-20-13/h2-7,10H,8-9,11H2,1H3,(H2,16,17,18). The molecule has 2 aromatic rings. The normalized spacial score (nSPS) is 10.1. The maximum absolute atomic E-state index is 11.6. The Bertz CT molecular complexity index is 538. The summed E-state index contributed by atoms with van der Waals surface area (Å²) in [4.78, 5) is 11.6. The molecule has 0 aliphatic heterocycles.